The number of fused-ring (bicyclic) bond motifs is 2. The lowest BCUT2D eigenvalue weighted by atomic mass is 9.73. The van der Waals surface area contributed by atoms with Crippen molar-refractivity contribution in [3.8, 4) is 0 Å². The highest BCUT2D eigenvalue weighted by atomic mass is 35.5. The van der Waals surface area contributed by atoms with E-state index in [1.54, 1.807) is 11.6 Å². The molecule has 2 N–H and O–H groups in total. The summed E-state index contributed by atoms with van der Waals surface area (Å²) in [6.07, 6.45) is 2.70. The molecule has 37 heavy (non-hydrogen) atoms. The minimum absolute atomic E-state index is 0.0726. The number of anilines is 1. The lowest BCUT2D eigenvalue weighted by Crippen LogP contribution is -2.46. The molecule has 196 valence electrons. The van der Waals surface area contributed by atoms with E-state index in [0.29, 0.717) is 23.6 Å². The van der Waals surface area contributed by atoms with Crippen molar-refractivity contribution in [3.63, 3.8) is 0 Å². The second kappa shape index (κ2) is 9.37. The normalized spacial score (nSPS) is 27.3. The van der Waals surface area contributed by atoms with Gasteiger partial charge in [-0.3, -0.25) is 4.79 Å². The van der Waals surface area contributed by atoms with Gasteiger partial charge in [0.15, 0.2) is 27.3 Å². The number of hydrogen-bond acceptors (Lipinski definition) is 6. The molecular weight excluding hydrogens is 549 g/mol. The van der Waals surface area contributed by atoms with Crippen LogP contribution < -0.4 is 5.32 Å². The zero-order valence-electron chi connectivity index (χ0n) is 19.4. The molecule has 1 aromatic heterocycles. The Morgan fingerprint density at radius 1 is 1.16 bits per heavy atom. The van der Waals surface area contributed by atoms with Gasteiger partial charge in [-0.15, -0.1) is 11.3 Å². The second-order valence-electron chi connectivity index (χ2n) is 9.67. The number of aliphatic hydroxyl groups is 1. The lowest BCUT2D eigenvalue weighted by Gasteiger charge is -2.41. The number of amides is 1. The van der Waals surface area contributed by atoms with Gasteiger partial charge in [0, 0.05) is 35.0 Å². The maximum absolute atomic E-state index is 13.7. The van der Waals surface area contributed by atoms with Crippen molar-refractivity contribution in [2.75, 3.05) is 5.32 Å². The predicted molar refractivity (Wildman–Crippen MR) is 133 cm³/mol. The molecule has 2 aliphatic carbocycles. The first-order chi connectivity index (χ1) is 17.4. The van der Waals surface area contributed by atoms with E-state index in [1.165, 1.54) is 23.5 Å². The number of nitrogens with one attached hydrogen (secondary N) is 1. The van der Waals surface area contributed by atoms with Crippen LogP contribution in [-0.4, -0.2) is 29.7 Å². The Bertz CT molecular complexity index is 1460. The molecule has 2 aliphatic rings. The maximum Gasteiger partial charge on any atom is 0.255 e. The molecular formula is C25H22ClF3N2O4S2. The van der Waals surface area contributed by atoms with Gasteiger partial charge in [0.2, 0.25) is 0 Å². The molecule has 0 spiro atoms. The number of hydrogen-bond donors (Lipinski definition) is 2. The van der Waals surface area contributed by atoms with E-state index in [0.717, 1.165) is 6.07 Å². The van der Waals surface area contributed by atoms with Crippen molar-refractivity contribution in [3.05, 3.63) is 75.0 Å². The van der Waals surface area contributed by atoms with E-state index in [1.807, 2.05) is 6.92 Å². The largest absolute Gasteiger partial charge is 0.382 e. The van der Waals surface area contributed by atoms with Crippen LogP contribution in [0.2, 0.25) is 5.02 Å². The minimum atomic E-state index is -4.02. The van der Waals surface area contributed by atoms with Crippen LogP contribution >= 0.6 is 22.9 Å². The molecule has 1 heterocycles. The number of aromatic nitrogens is 1. The number of halogens is 4. The van der Waals surface area contributed by atoms with Gasteiger partial charge in [0.25, 0.3) is 5.91 Å². The van der Waals surface area contributed by atoms with Crippen LogP contribution in [0.15, 0.2) is 46.8 Å². The van der Waals surface area contributed by atoms with Crippen molar-refractivity contribution < 1.29 is 31.5 Å². The minimum Gasteiger partial charge on any atom is -0.382 e. The molecule has 12 heteroatoms. The number of thiazole rings is 1. The predicted octanol–water partition coefficient (Wildman–Crippen LogP) is 5.56. The van der Waals surface area contributed by atoms with Gasteiger partial charge in [0.05, 0.1) is 15.2 Å². The Balaban J connectivity index is 1.42. The molecule has 2 saturated carbocycles. The molecule has 2 unspecified atom stereocenters. The Hall–Kier alpha value is -2.47. The van der Waals surface area contributed by atoms with Crippen LogP contribution in [0.3, 0.4) is 0 Å². The molecule has 5 rings (SSSR count). The van der Waals surface area contributed by atoms with E-state index in [2.05, 4.69) is 10.3 Å². The zero-order chi connectivity index (χ0) is 26.7. The standard InChI is InChI=1S/C25H22ClF3N2O4S2/c1-12-6-14-8-16(11-17(12)25(14,33)24-30-4-5-36-24)37(34,35)21-7-13(2-3-18(21)26)23(32)31-15-9-19(27)22(29)20(28)10-15/h2-5,7,9-10,12,14,16-17,33H,6,8,11H2,1H3,(H,31,32)/t12-,14?,16-,17?,25+/m0/s1. The summed E-state index contributed by atoms with van der Waals surface area (Å²) in [7, 11) is -4.02. The third kappa shape index (κ3) is 4.35. The van der Waals surface area contributed by atoms with E-state index in [9.17, 15) is 31.5 Å². The third-order valence-electron chi connectivity index (χ3n) is 7.55. The third-order valence-corrected chi connectivity index (χ3v) is 11.1. The SMILES string of the molecule is C[C@H]1CC2C[C@H](S(=O)(=O)c3cc(C(=O)Nc4cc(F)c(F)c(F)c4)ccc3Cl)CC1[C@@]2(O)c1nccs1. The molecule has 5 atom stereocenters. The number of carbonyl (C=O) groups is 1. The topological polar surface area (TPSA) is 96.4 Å². The molecule has 0 aliphatic heterocycles. The monoisotopic (exact) mass is 570 g/mol. The van der Waals surface area contributed by atoms with Gasteiger partial charge >= 0.3 is 0 Å². The number of sulfone groups is 1. The summed E-state index contributed by atoms with van der Waals surface area (Å²) in [5.74, 6) is -6.01. The average molecular weight is 571 g/mol. The molecule has 6 nitrogen and oxygen atoms in total. The van der Waals surface area contributed by atoms with Crippen LogP contribution in [-0.2, 0) is 15.4 Å². The smallest absolute Gasteiger partial charge is 0.255 e. The molecule has 3 aromatic rings. The van der Waals surface area contributed by atoms with Crippen molar-refractivity contribution in [1.29, 1.82) is 0 Å². The van der Waals surface area contributed by atoms with Crippen LogP contribution in [0.1, 0.15) is 41.6 Å². The Morgan fingerprint density at radius 3 is 2.49 bits per heavy atom. The average Bonchev–Trinajstić information content (AvgIpc) is 3.41. The molecule has 1 amide bonds. The Morgan fingerprint density at radius 2 is 1.86 bits per heavy atom. The van der Waals surface area contributed by atoms with Crippen molar-refractivity contribution >= 4 is 44.4 Å². The highest BCUT2D eigenvalue weighted by Gasteiger charge is 2.60. The zero-order valence-corrected chi connectivity index (χ0v) is 21.8. The lowest BCUT2D eigenvalue weighted by molar-refractivity contribution is -0.0699. The molecule has 2 bridgehead atoms. The molecule has 0 saturated heterocycles. The number of nitrogens with zero attached hydrogens (tertiary/aromatic N) is 1. The van der Waals surface area contributed by atoms with E-state index >= 15 is 0 Å². The van der Waals surface area contributed by atoms with Crippen molar-refractivity contribution in [1.82, 2.24) is 4.98 Å². The van der Waals surface area contributed by atoms with Crippen LogP contribution in [0.25, 0.3) is 0 Å². The number of benzene rings is 2. The summed E-state index contributed by atoms with van der Waals surface area (Å²) in [6.45, 7) is 2.00. The van der Waals surface area contributed by atoms with Crippen LogP contribution in [0.4, 0.5) is 18.9 Å². The fourth-order valence-electron chi connectivity index (χ4n) is 5.79. The van der Waals surface area contributed by atoms with Gasteiger partial charge in [0.1, 0.15) is 10.6 Å². The Labute approximate surface area is 220 Å². The number of carbonyl (C=O) groups excluding carboxylic acids is 1. The van der Waals surface area contributed by atoms with E-state index in [4.69, 9.17) is 11.6 Å². The summed E-state index contributed by atoms with van der Waals surface area (Å²) in [5.41, 5.74) is -1.63. The summed E-state index contributed by atoms with van der Waals surface area (Å²) in [5, 5.41) is 15.3. The van der Waals surface area contributed by atoms with Gasteiger partial charge in [-0.05, 0) is 55.2 Å². The molecule has 2 fully saturated rings. The maximum atomic E-state index is 13.7. The molecule has 0 radical (unpaired) electrons. The van der Waals surface area contributed by atoms with Crippen molar-refractivity contribution in [2.24, 2.45) is 17.8 Å². The van der Waals surface area contributed by atoms with Gasteiger partial charge in [-0.1, -0.05) is 18.5 Å². The van der Waals surface area contributed by atoms with E-state index < -0.39 is 44.0 Å². The quantitative estimate of drug-likeness (QED) is 0.391. The van der Waals surface area contributed by atoms with Gasteiger partial charge < -0.3 is 10.4 Å². The first kappa shape index (κ1) is 26.1. The highest BCUT2D eigenvalue weighted by molar-refractivity contribution is 7.92. The van der Waals surface area contributed by atoms with Crippen LogP contribution in [0.5, 0.6) is 0 Å². The first-order valence-corrected chi connectivity index (χ1v) is 14.3. The Kier molecular flexibility index (Phi) is 6.62. The van der Waals surface area contributed by atoms with Crippen LogP contribution in [0, 0.1) is 35.2 Å². The first-order valence-electron chi connectivity index (χ1n) is 11.5. The summed E-state index contributed by atoms with van der Waals surface area (Å²) in [6, 6.07) is 4.90. The van der Waals surface area contributed by atoms with Crippen molar-refractivity contribution in [2.45, 2.75) is 41.9 Å². The van der Waals surface area contributed by atoms with Gasteiger partial charge in [-0.2, -0.15) is 0 Å². The second-order valence-corrected chi connectivity index (χ2v) is 13.2. The fraction of sp³-hybridized carbons (Fsp3) is 0.360. The highest BCUT2D eigenvalue weighted by Crippen LogP contribution is 2.59. The summed E-state index contributed by atoms with van der Waals surface area (Å²) < 4.78 is 67.8. The summed E-state index contributed by atoms with van der Waals surface area (Å²) in [4.78, 5) is 16.8. The summed E-state index contributed by atoms with van der Waals surface area (Å²) >= 11 is 7.62. The van der Waals surface area contributed by atoms with Gasteiger partial charge in [-0.25, -0.2) is 26.6 Å². The van der Waals surface area contributed by atoms with E-state index in [-0.39, 0.29) is 51.8 Å². The number of rotatable bonds is 5. The molecule has 2 aromatic carbocycles. The fourth-order valence-corrected chi connectivity index (χ4v) is 9.05.